The molecule has 0 spiro atoms. The number of carbonyl (C=O) groups excluding carboxylic acids is 2. The zero-order chi connectivity index (χ0) is 16.8. The second-order valence-corrected chi connectivity index (χ2v) is 5.45. The van der Waals surface area contributed by atoms with E-state index in [1.165, 1.54) is 13.2 Å². The Hall–Kier alpha value is -2.68. The number of esters is 1. The van der Waals surface area contributed by atoms with E-state index in [2.05, 4.69) is 21.9 Å². The van der Waals surface area contributed by atoms with Crippen molar-refractivity contribution in [2.75, 3.05) is 19.4 Å². The smallest absolute Gasteiger partial charge is 0.408 e. The van der Waals surface area contributed by atoms with Gasteiger partial charge in [0.1, 0.15) is 5.60 Å². The van der Waals surface area contributed by atoms with E-state index < -0.39 is 17.7 Å². The number of carbonyl (C=O) groups is 2. The fraction of sp³-hybridized carbons (Fsp3) is 0.375. The fourth-order valence-corrected chi connectivity index (χ4v) is 1.52. The van der Waals surface area contributed by atoms with Crippen molar-refractivity contribution in [2.24, 2.45) is 0 Å². The topological polar surface area (TPSA) is 90.6 Å². The van der Waals surface area contributed by atoms with Gasteiger partial charge in [-0.05, 0) is 39.0 Å². The van der Waals surface area contributed by atoms with Crippen LogP contribution in [-0.4, -0.2) is 31.3 Å². The number of anilines is 1. The quantitative estimate of drug-likeness (QED) is 0.495. The highest BCUT2D eigenvalue weighted by Gasteiger charge is 2.15. The minimum atomic E-state index is -0.563. The van der Waals surface area contributed by atoms with Gasteiger partial charge in [0.05, 0.1) is 19.2 Å². The van der Waals surface area contributed by atoms with Crippen LogP contribution in [0.5, 0.6) is 0 Å². The van der Waals surface area contributed by atoms with Crippen LogP contribution < -0.4 is 11.1 Å². The van der Waals surface area contributed by atoms with Crippen LogP contribution in [0.15, 0.2) is 18.2 Å². The Labute approximate surface area is 130 Å². The molecule has 3 N–H and O–H groups in total. The Bertz CT molecular complexity index is 621. The predicted octanol–water partition coefficient (Wildman–Crippen LogP) is 1.93. The lowest BCUT2D eigenvalue weighted by atomic mass is 10.1. The van der Waals surface area contributed by atoms with Crippen molar-refractivity contribution >= 4 is 17.7 Å². The van der Waals surface area contributed by atoms with Crippen LogP contribution in [0.2, 0.25) is 0 Å². The summed E-state index contributed by atoms with van der Waals surface area (Å²) in [5.74, 6) is 5.03. The SMILES string of the molecule is COC(=O)c1cc(N)ccc1C#CCNC(=O)OC(C)(C)C. The van der Waals surface area contributed by atoms with E-state index in [1.54, 1.807) is 32.9 Å². The zero-order valence-electron chi connectivity index (χ0n) is 13.1. The first-order valence-electron chi connectivity index (χ1n) is 6.66. The number of hydrogen-bond acceptors (Lipinski definition) is 5. The van der Waals surface area contributed by atoms with Crippen LogP contribution in [0.25, 0.3) is 0 Å². The molecule has 0 aromatic heterocycles. The van der Waals surface area contributed by atoms with Gasteiger partial charge in [0.2, 0.25) is 0 Å². The Kier molecular flexibility index (Phi) is 5.81. The van der Waals surface area contributed by atoms with Crippen LogP contribution in [0.3, 0.4) is 0 Å². The summed E-state index contributed by atoms with van der Waals surface area (Å²) in [4.78, 5) is 23.1. The molecule has 0 aliphatic heterocycles. The molecule has 0 aliphatic rings. The maximum atomic E-state index is 11.6. The molecular formula is C16H20N2O4. The van der Waals surface area contributed by atoms with E-state index in [4.69, 9.17) is 10.5 Å². The van der Waals surface area contributed by atoms with Crippen LogP contribution >= 0.6 is 0 Å². The highest BCUT2D eigenvalue weighted by atomic mass is 16.6. The molecule has 0 fully saturated rings. The predicted molar refractivity (Wildman–Crippen MR) is 83.3 cm³/mol. The van der Waals surface area contributed by atoms with E-state index in [9.17, 15) is 9.59 Å². The van der Waals surface area contributed by atoms with E-state index in [0.29, 0.717) is 11.3 Å². The van der Waals surface area contributed by atoms with Crippen molar-refractivity contribution < 1.29 is 19.1 Å². The third-order valence-corrected chi connectivity index (χ3v) is 2.39. The van der Waals surface area contributed by atoms with Crippen LogP contribution in [0, 0.1) is 11.8 Å². The van der Waals surface area contributed by atoms with Gasteiger partial charge < -0.3 is 20.5 Å². The molecule has 118 valence electrons. The molecule has 0 aliphatic carbocycles. The molecule has 6 heteroatoms. The minimum absolute atomic E-state index is 0.0971. The molecule has 0 unspecified atom stereocenters. The van der Waals surface area contributed by atoms with Crippen molar-refractivity contribution in [3.8, 4) is 11.8 Å². The molecule has 0 saturated heterocycles. The summed E-state index contributed by atoms with van der Waals surface area (Å²) in [6, 6.07) is 4.76. The largest absolute Gasteiger partial charge is 0.465 e. The highest BCUT2D eigenvalue weighted by Crippen LogP contribution is 2.13. The Morgan fingerprint density at radius 2 is 2.00 bits per heavy atom. The van der Waals surface area contributed by atoms with E-state index in [-0.39, 0.29) is 12.1 Å². The van der Waals surface area contributed by atoms with Gasteiger partial charge >= 0.3 is 12.1 Å². The number of ether oxygens (including phenoxy) is 2. The molecule has 0 atom stereocenters. The first kappa shape index (κ1) is 17.4. The van der Waals surface area contributed by atoms with Gasteiger partial charge in [-0.25, -0.2) is 9.59 Å². The number of methoxy groups -OCH3 is 1. The molecule has 0 radical (unpaired) electrons. The first-order valence-corrected chi connectivity index (χ1v) is 6.66. The van der Waals surface area contributed by atoms with Crippen molar-refractivity contribution in [1.82, 2.24) is 5.32 Å². The standard InChI is InChI=1S/C16H20N2O4/c1-16(2,3)22-15(20)18-9-5-6-11-7-8-12(17)10-13(11)14(19)21-4/h7-8,10H,9,17H2,1-4H3,(H,18,20). The Morgan fingerprint density at radius 1 is 1.32 bits per heavy atom. The lowest BCUT2D eigenvalue weighted by Gasteiger charge is -2.19. The molecule has 1 rings (SSSR count). The van der Waals surface area contributed by atoms with E-state index >= 15 is 0 Å². The molecule has 0 bridgehead atoms. The molecule has 6 nitrogen and oxygen atoms in total. The molecule has 1 aromatic carbocycles. The summed E-state index contributed by atoms with van der Waals surface area (Å²) in [6.07, 6.45) is -0.549. The lowest BCUT2D eigenvalue weighted by molar-refractivity contribution is 0.0533. The lowest BCUT2D eigenvalue weighted by Crippen LogP contribution is -2.32. The molecule has 0 heterocycles. The average molecular weight is 304 g/mol. The molecule has 1 amide bonds. The van der Waals surface area contributed by atoms with Gasteiger partial charge in [0.15, 0.2) is 0 Å². The second kappa shape index (κ2) is 7.36. The van der Waals surface area contributed by atoms with E-state index in [1.807, 2.05) is 0 Å². The maximum Gasteiger partial charge on any atom is 0.408 e. The van der Waals surface area contributed by atoms with Crippen molar-refractivity contribution in [1.29, 1.82) is 0 Å². The zero-order valence-corrected chi connectivity index (χ0v) is 13.1. The molecule has 0 saturated carbocycles. The Balaban J connectivity index is 2.73. The van der Waals surface area contributed by atoms with Gasteiger partial charge in [-0.2, -0.15) is 0 Å². The normalized spacial score (nSPS) is 10.2. The number of benzene rings is 1. The number of amides is 1. The van der Waals surface area contributed by atoms with Crippen molar-refractivity contribution in [2.45, 2.75) is 26.4 Å². The Morgan fingerprint density at radius 3 is 2.59 bits per heavy atom. The summed E-state index contributed by atoms with van der Waals surface area (Å²) in [7, 11) is 1.28. The molecule has 1 aromatic rings. The number of nitrogen functional groups attached to an aromatic ring is 1. The van der Waals surface area contributed by atoms with Crippen molar-refractivity contribution in [3.05, 3.63) is 29.3 Å². The molecule has 22 heavy (non-hydrogen) atoms. The highest BCUT2D eigenvalue weighted by molar-refractivity contribution is 5.93. The monoisotopic (exact) mass is 304 g/mol. The summed E-state index contributed by atoms with van der Waals surface area (Å²) < 4.78 is 9.76. The first-order chi connectivity index (χ1) is 10.2. The third kappa shape index (κ3) is 5.75. The summed E-state index contributed by atoms with van der Waals surface area (Å²) >= 11 is 0. The van der Waals surface area contributed by atoms with Gasteiger partial charge in [-0.15, -0.1) is 0 Å². The van der Waals surface area contributed by atoms with E-state index in [0.717, 1.165) is 0 Å². The van der Waals surface area contributed by atoms with Gasteiger partial charge in [-0.1, -0.05) is 11.8 Å². The van der Waals surface area contributed by atoms with Crippen LogP contribution in [0.4, 0.5) is 10.5 Å². The summed E-state index contributed by atoms with van der Waals surface area (Å²) in [5.41, 5.74) is 6.29. The summed E-state index contributed by atoms with van der Waals surface area (Å²) in [6.45, 7) is 5.42. The summed E-state index contributed by atoms with van der Waals surface area (Å²) in [5, 5.41) is 2.51. The van der Waals surface area contributed by atoms with Gasteiger partial charge in [0, 0.05) is 11.3 Å². The van der Waals surface area contributed by atoms with Gasteiger partial charge in [0.25, 0.3) is 0 Å². The number of nitrogens with two attached hydrogens (primary N) is 1. The maximum absolute atomic E-state index is 11.6. The van der Waals surface area contributed by atoms with Crippen LogP contribution in [-0.2, 0) is 9.47 Å². The van der Waals surface area contributed by atoms with Crippen molar-refractivity contribution in [3.63, 3.8) is 0 Å². The number of hydrogen-bond donors (Lipinski definition) is 2. The molecular weight excluding hydrogens is 284 g/mol. The third-order valence-electron chi connectivity index (χ3n) is 2.39. The van der Waals surface area contributed by atoms with Gasteiger partial charge in [-0.3, -0.25) is 0 Å². The fourth-order valence-electron chi connectivity index (χ4n) is 1.52. The number of alkyl carbamates (subject to hydrolysis) is 1. The number of nitrogens with one attached hydrogen (secondary N) is 1. The average Bonchev–Trinajstić information content (AvgIpc) is 2.42. The van der Waals surface area contributed by atoms with Crippen LogP contribution in [0.1, 0.15) is 36.7 Å². The number of rotatable bonds is 2. The second-order valence-electron chi connectivity index (χ2n) is 5.45. The minimum Gasteiger partial charge on any atom is -0.465 e.